The minimum Gasteiger partial charge on any atom is -0.224 e. The average Bonchev–Trinajstić information content (AvgIpc) is 2.16. The van der Waals surface area contributed by atoms with Gasteiger partial charge in [0, 0.05) is 0 Å². The Kier molecular flexibility index (Phi) is 10.9. The van der Waals surface area contributed by atoms with Crippen LogP contribution >= 0.6 is 0 Å². The minimum absolute atomic E-state index is 1.50. The maximum atomic E-state index is 3.67. The van der Waals surface area contributed by atoms with Crippen LogP contribution in [0.3, 0.4) is 0 Å². The number of hydrogen-bond acceptors (Lipinski definition) is 2. The molecule has 0 aromatic rings. The summed E-state index contributed by atoms with van der Waals surface area (Å²) in [6.07, 6.45) is 0. The topological polar surface area (TPSA) is 58.9 Å². The Hall–Kier alpha value is -1.20. The van der Waals surface area contributed by atoms with Gasteiger partial charge in [0.2, 0.25) is 0 Å². The highest BCUT2D eigenvalue weighted by molar-refractivity contribution is 4.33. The standard InChI is InChI=1S/2C3H9N3/c2*1-4-6(3)5-2/h2*1-3H3. The lowest BCUT2D eigenvalue weighted by Gasteiger charge is -1.92. The molecule has 6 heteroatoms. The van der Waals surface area contributed by atoms with E-state index in [0.29, 0.717) is 0 Å². The van der Waals surface area contributed by atoms with Crippen LogP contribution in [-0.2, 0) is 0 Å². The van der Waals surface area contributed by atoms with Crippen molar-refractivity contribution in [1.29, 1.82) is 0 Å². The van der Waals surface area contributed by atoms with Crippen LogP contribution in [0.2, 0.25) is 0 Å². The third kappa shape index (κ3) is 11.6. The lowest BCUT2D eigenvalue weighted by atomic mass is 11.3. The monoisotopic (exact) mass is 174 g/mol. The van der Waals surface area contributed by atoms with Gasteiger partial charge >= 0.3 is 0 Å². The van der Waals surface area contributed by atoms with E-state index in [9.17, 15) is 0 Å². The van der Waals surface area contributed by atoms with Crippen LogP contribution in [0.5, 0.6) is 0 Å². The number of azo groups is 2. The molecule has 0 radical (unpaired) electrons. The van der Waals surface area contributed by atoms with Crippen LogP contribution in [0.4, 0.5) is 0 Å². The number of hydrogen-bond donors (Lipinski definition) is 0. The van der Waals surface area contributed by atoms with Gasteiger partial charge in [-0.15, -0.1) is 0 Å². The summed E-state index contributed by atoms with van der Waals surface area (Å²) in [5.41, 5.74) is 7.35. The van der Waals surface area contributed by atoms with Gasteiger partial charge in [0.05, 0.1) is 0 Å². The molecule has 0 bridgehead atoms. The van der Waals surface area contributed by atoms with E-state index in [-0.39, 0.29) is 0 Å². The highest BCUT2D eigenvalue weighted by Gasteiger charge is 1.67. The smallest absolute Gasteiger partial charge is 0.152 e. The quantitative estimate of drug-likeness (QED) is 0.344. The molecule has 0 aliphatic heterocycles. The Bertz CT molecular complexity index is 132. The zero-order chi connectivity index (χ0) is 9.98. The maximum absolute atomic E-state index is 3.67. The minimum atomic E-state index is 1.50. The summed E-state index contributed by atoms with van der Waals surface area (Å²) in [6, 6.07) is 0. The molecule has 0 aliphatic carbocycles. The normalized spacial score (nSPS) is 11.5. The molecule has 0 atom stereocenters. The van der Waals surface area contributed by atoms with Crippen LogP contribution in [0.1, 0.15) is 0 Å². The molecular formula is C6H18N6. The van der Waals surface area contributed by atoms with Crippen molar-refractivity contribution in [2.24, 2.45) is 10.2 Å². The van der Waals surface area contributed by atoms with E-state index in [1.54, 1.807) is 42.3 Å². The van der Waals surface area contributed by atoms with E-state index in [2.05, 4.69) is 21.1 Å². The lowest BCUT2D eigenvalue weighted by molar-refractivity contribution is -0.515. The summed E-state index contributed by atoms with van der Waals surface area (Å²) < 4.78 is 0. The van der Waals surface area contributed by atoms with Crippen LogP contribution < -0.4 is 0 Å². The first kappa shape index (κ1) is 13.4. The first-order valence-corrected chi connectivity index (χ1v) is 3.48. The summed E-state index contributed by atoms with van der Waals surface area (Å²) in [6.45, 7) is 0. The molecule has 0 N–H and O–H groups in total. The van der Waals surface area contributed by atoms with Gasteiger partial charge in [-0.1, -0.05) is 0 Å². The zero-order valence-corrected chi connectivity index (χ0v) is 8.68. The molecule has 0 amide bonds. The molecule has 0 unspecified atom stereocenters. The Labute approximate surface area is 73.9 Å². The first-order chi connectivity index (χ1) is 5.62. The van der Waals surface area contributed by atoms with Crippen LogP contribution in [0.15, 0.2) is 10.2 Å². The second kappa shape index (κ2) is 9.80. The number of rotatable bonds is 2. The van der Waals surface area contributed by atoms with E-state index in [1.165, 1.54) is 9.61 Å². The molecule has 0 saturated carbocycles. The van der Waals surface area contributed by atoms with E-state index in [4.69, 9.17) is 0 Å². The van der Waals surface area contributed by atoms with Gasteiger partial charge in [-0.2, -0.15) is 9.61 Å². The fourth-order valence-corrected chi connectivity index (χ4v) is 0.179. The molecule has 12 heavy (non-hydrogen) atoms. The van der Waals surface area contributed by atoms with E-state index >= 15 is 0 Å². The predicted octanol–water partition coefficient (Wildman–Crippen LogP) is 1.26. The first-order valence-electron chi connectivity index (χ1n) is 3.48. The van der Waals surface area contributed by atoms with Gasteiger partial charge < -0.3 is 0 Å². The van der Waals surface area contributed by atoms with E-state index < -0.39 is 0 Å². The predicted molar refractivity (Wildman–Crippen MR) is 47.6 cm³/mol. The van der Waals surface area contributed by atoms with E-state index in [1.807, 2.05) is 0 Å². The third-order valence-corrected chi connectivity index (χ3v) is 1.16. The molecule has 0 saturated heterocycles. The Morgan fingerprint density at radius 3 is 1.08 bits per heavy atom. The van der Waals surface area contributed by atoms with Crippen molar-refractivity contribution in [3.8, 4) is 0 Å². The van der Waals surface area contributed by atoms with Crippen molar-refractivity contribution in [2.45, 2.75) is 0 Å². The van der Waals surface area contributed by atoms with Crippen LogP contribution in [-0.4, -0.2) is 51.9 Å². The summed E-state index contributed by atoms with van der Waals surface area (Å²) in [4.78, 5) is 3.00. The third-order valence-electron chi connectivity index (χ3n) is 1.16. The fourth-order valence-electron chi connectivity index (χ4n) is 0.179. The molecule has 0 rings (SSSR count). The second-order valence-electron chi connectivity index (χ2n) is 1.78. The highest BCUT2D eigenvalue weighted by atomic mass is 15.5. The van der Waals surface area contributed by atoms with Gasteiger partial charge in [0.25, 0.3) is 0 Å². The van der Waals surface area contributed by atoms with Gasteiger partial charge in [-0.05, 0) is 28.2 Å². The van der Waals surface area contributed by atoms with Crippen molar-refractivity contribution in [2.75, 3.05) is 42.3 Å². The zero-order valence-electron chi connectivity index (χ0n) is 8.68. The SMILES string of the molecule is CN=[N+](C)[N-]C.CN=[N+](C)[N-]C. The van der Waals surface area contributed by atoms with Crippen molar-refractivity contribution in [3.05, 3.63) is 10.9 Å². The summed E-state index contributed by atoms with van der Waals surface area (Å²) >= 11 is 0. The van der Waals surface area contributed by atoms with Crippen molar-refractivity contribution in [3.63, 3.8) is 0 Å². The van der Waals surface area contributed by atoms with Gasteiger partial charge in [-0.3, -0.25) is 0 Å². The Balaban J connectivity index is 0. The summed E-state index contributed by atoms with van der Waals surface area (Å²) in [5, 5.41) is 7.35. The molecule has 0 heterocycles. The number of nitrogens with zero attached hydrogens (tertiary/aromatic N) is 6. The molecule has 0 spiro atoms. The largest absolute Gasteiger partial charge is 0.224 e. The van der Waals surface area contributed by atoms with Crippen molar-refractivity contribution in [1.82, 2.24) is 0 Å². The molecule has 6 nitrogen and oxygen atoms in total. The van der Waals surface area contributed by atoms with E-state index in [0.717, 1.165) is 0 Å². The van der Waals surface area contributed by atoms with Gasteiger partial charge in [0.15, 0.2) is 14.1 Å². The summed E-state index contributed by atoms with van der Waals surface area (Å²) in [7, 11) is 10.3. The highest BCUT2D eigenvalue weighted by Crippen LogP contribution is 1.74. The van der Waals surface area contributed by atoms with Crippen LogP contribution in [0.25, 0.3) is 10.9 Å². The van der Waals surface area contributed by atoms with Crippen LogP contribution in [0, 0.1) is 0 Å². The molecule has 0 aromatic heterocycles. The molecule has 0 aliphatic rings. The van der Waals surface area contributed by atoms with Gasteiger partial charge in [0.1, 0.15) is 0 Å². The Morgan fingerprint density at radius 2 is 1.08 bits per heavy atom. The molecule has 0 fully saturated rings. The molecular weight excluding hydrogens is 156 g/mol. The second-order valence-corrected chi connectivity index (χ2v) is 1.78. The Morgan fingerprint density at radius 1 is 0.833 bits per heavy atom. The van der Waals surface area contributed by atoms with Crippen molar-refractivity contribution < 1.29 is 9.61 Å². The average molecular weight is 174 g/mol. The fraction of sp³-hybridized carbons (Fsp3) is 1.00. The molecule has 0 aromatic carbocycles. The lowest BCUT2D eigenvalue weighted by Crippen LogP contribution is -1.89. The van der Waals surface area contributed by atoms with Crippen molar-refractivity contribution >= 4 is 0 Å². The van der Waals surface area contributed by atoms with Gasteiger partial charge in [-0.25, -0.2) is 21.1 Å². The molecule has 72 valence electrons. The maximum Gasteiger partial charge on any atom is 0.152 e. The summed E-state index contributed by atoms with van der Waals surface area (Å²) in [5.74, 6) is 0.